The molecule has 0 bridgehead atoms. The molecule has 1 rings (SSSR count). The summed E-state index contributed by atoms with van der Waals surface area (Å²) in [5.41, 5.74) is 0. The third-order valence-electron chi connectivity index (χ3n) is 3.52. The summed E-state index contributed by atoms with van der Waals surface area (Å²) in [5, 5.41) is 15.8. The molecule has 0 aromatic rings. The van der Waals surface area contributed by atoms with Crippen molar-refractivity contribution in [2.45, 2.75) is 50.8 Å². The van der Waals surface area contributed by atoms with Crippen LogP contribution < -0.4 is 10.6 Å². The summed E-state index contributed by atoms with van der Waals surface area (Å²) in [7, 11) is 0. The summed E-state index contributed by atoms with van der Waals surface area (Å²) < 4.78 is 0.145. The van der Waals surface area contributed by atoms with Crippen molar-refractivity contribution in [2.75, 3.05) is 19.3 Å². The Morgan fingerprint density at radius 2 is 2.15 bits per heavy atom. The van der Waals surface area contributed by atoms with Crippen LogP contribution in [0.3, 0.4) is 0 Å². The molecule has 20 heavy (non-hydrogen) atoms. The van der Waals surface area contributed by atoms with Gasteiger partial charge in [0.05, 0.1) is 18.5 Å². The summed E-state index contributed by atoms with van der Waals surface area (Å²) >= 11 is 1.82. The molecule has 2 N–H and O–H groups in total. The Hall–Kier alpha value is -0.160. The van der Waals surface area contributed by atoms with E-state index in [1.165, 1.54) is 0 Å². The van der Waals surface area contributed by atoms with Crippen molar-refractivity contribution in [2.24, 2.45) is 10.9 Å². The van der Waals surface area contributed by atoms with Gasteiger partial charge in [0.2, 0.25) is 0 Å². The van der Waals surface area contributed by atoms with E-state index >= 15 is 0 Å². The van der Waals surface area contributed by atoms with Gasteiger partial charge in [-0.25, -0.2) is 0 Å². The molecule has 0 aliphatic heterocycles. The SMILES string of the molecule is CCNC(=NCC(C)(C)SC)NC1CCCC1C#N.I. The van der Waals surface area contributed by atoms with E-state index in [-0.39, 0.29) is 40.7 Å². The fourth-order valence-corrected chi connectivity index (χ4v) is 2.31. The average Bonchev–Trinajstić information content (AvgIpc) is 2.83. The first-order valence-electron chi connectivity index (χ1n) is 7.02. The van der Waals surface area contributed by atoms with Gasteiger partial charge in [-0.2, -0.15) is 17.0 Å². The Labute approximate surface area is 144 Å². The first-order chi connectivity index (χ1) is 9.02. The van der Waals surface area contributed by atoms with Gasteiger partial charge >= 0.3 is 0 Å². The summed E-state index contributed by atoms with van der Waals surface area (Å²) in [4.78, 5) is 4.65. The molecule has 0 heterocycles. The minimum atomic E-state index is 0. The van der Waals surface area contributed by atoms with Crippen LogP contribution in [0.5, 0.6) is 0 Å². The number of aliphatic imine (C=N–C) groups is 1. The molecule has 4 nitrogen and oxygen atoms in total. The molecule has 0 aromatic carbocycles. The minimum Gasteiger partial charge on any atom is -0.357 e. The van der Waals surface area contributed by atoms with Gasteiger partial charge in [-0.3, -0.25) is 4.99 Å². The lowest BCUT2D eigenvalue weighted by Gasteiger charge is -2.22. The van der Waals surface area contributed by atoms with Crippen LogP contribution in [0.25, 0.3) is 0 Å². The fraction of sp³-hybridized carbons (Fsp3) is 0.857. The van der Waals surface area contributed by atoms with Crippen LogP contribution in [0, 0.1) is 17.2 Å². The maximum absolute atomic E-state index is 9.12. The predicted molar refractivity (Wildman–Crippen MR) is 98.9 cm³/mol. The summed E-state index contributed by atoms with van der Waals surface area (Å²) in [5.74, 6) is 0.967. The summed E-state index contributed by atoms with van der Waals surface area (Å²) in [6, 6.07) is 2.65. The van der Waals surface area contributed by atoms with E-state index in [0.717, 1.165) is 38.3 Å². The number of hydrogen-bond donors (Lipinski definition) is 2. The lowest BCUT2D eigenvalue weighted by Crippen LogP contribution is -2.45. The highest BCUT2D eigenvalue weighted by molar-refractivity contribution is 14.0. The first-order valence-corrected chi connectivity index (χ1v) is 8.24. The highest BCUT2D eigenvalue weighted by Gasteiger charge is 2.27. The molecule has 116 valence electrons. The maximum atomic E-state index is 9.12. The monoisotopic (exact) mass is 410 g/mol. The largest absolute Gasteiger partial charge is 0.357 e. The molecular weight excluding hydrogens is 383 g/mol. The smallest absolute Gasteiger partial charge is 0.191 e. The molecule has 0 amide bonds. The summed E-state index contributed by atoms with van der Waals surface area (Å²) in [6.07, 6.45) is 5.31. The van der Waals surface area contributed by atoms with Crippen molar-refractivity contribution in [1.82, 2.24) is 10.6 Å². The molecule has 2 atom stereocenters. The van der Waals surface area contributed by atoms with Crippen LogP contribution >= 0.6 is 35.7 Å². The van der Waals surface area contributed by atoms with Crippen LogP contribution in [-0.4, -0.2) is 36.1 Å². The molecular formula is C14H27IN4S. The van der Waals surface area contributed by atoms with E-state index in [2.05, 4.69) is 48.7 Å². The van der Waals surface area contributed by atoms with Crippen molar-refractivity contribution in [3.8, 4) is 6.07 Å². The number of nitrogens with one attached hydrogen (secondary N) is 2. The highest BCUT2D eigenvalue weighted by atomic mass is 127. The predicted octanol–water partition coefficient (Wildman–Crippen LogP) is 2.99. The number of thioether (sulfide) groups is 1. The van der Waals surface area contributed by atoms with E-state index < -0.39 is 0 Å². The Bertz CT molecular complexity index is 352. The second-order valence-electron chi connectivity index (χ2n) is 5.58. The zero-order chi connectivity index (χ0) is 14.3. The van der Waals surface area contributed by atoms with Crippen molar-refractivity contribution < 1.29 is 0 Å². The zero-order valence-electron chi connectivity index (χ0n) is 12.9. The fourth-order valence-electron chi connectivity index (χ4n) is 2.12. The lowest BCUT2D eigenvalue weighted by molar-refractivity contribution is 0.531. The van der Waals surface area contributed by atoms with Crippen LogP contribution in [0.1, 0.15) is 40.0 Å². The van der Waals surface area contributed by atoms with Gasteiger partial charge in [-0.15, -0.1) is 24.0 Å². The average molecular weight is 410 g/mol. The number of nitrogens with zero attached hydrogens (tertiary/aromatic N) is 2. The molecule has 1 fully saturated rings. The normalized spacial score (nSPS) is 22.9. The molecule has 1 saturated carbocycles. The second-order valence-corrected chi connectivity index (χ2v) is 7.09. The molecule has 0 spiro atoms. The molecule has 1 aliphatic rings. The van der Waals surface area contributed by atoms with E-state index in [9.17, 15) is 0 Å². The molecule has 0 aromatic heterocycles. The Morgan fingerprint density at radius 1 is 1.45 bits per heavy atom. The van der Waals surface area contributed by atoms with Crippen LogP contribution in [-0.2, 0) is 0 Å². The second kappa shape index (κ2) is 9.72. The Kier molecular flexibility index (Phi) is 9.64. The lowest BCUT2D eigenvalue weighted by atomic mass is 10.1. The maximum Gasteiger partial charge on any atom is 0.191 e. The van der Waals surface area contributed by atoms with Gasteiger partial charge in [0.15, 0.2) is 5.96 Å². The molecule has 0 saturated heterocycles. The van der Waals surface area contributed by atoms with Gasteiger partial charge in [-0.1, -0.05) is 0 Å². The van der Waals surface area contributed by atoms with E-state index in [4.69, 9.17) is 5.26 Å². The number of nitriles is 1. The van der Waals surface area contributed by atoms with E-state index in [1.807, 2.05) is 11.8 Å². The van der Waals surface area contributed by atoms with Crippen molar-refractivity contribution >= 4 is 41.7 Å². The van der Waals surface area contributed by atoms with E-state index in [0.29, 0.717) is 0 Å². The molecule has 2 unspecified atom stereocenters. The van der Waals surface area contributed by atoms with Gasteiger partial charge in [0.1, 0.15) is 0 Å². The molecule has 0 radical (unpaired) electrons. The van der Waals surface area contributed by atoms with Crippen molar-refractivity contribution in [1.29, 1.82) is 5.26 Å². The highest BCUT2D eigenvalue weighted by Crippen LogP contribution is 2.25. The van der Waals surface area contributed by atoms with Gasteiger partial charge in [-0.05, 0) is 46.3 Å². The number of rotatable bonds is 5. The van der Waals surface area contributed by atoms with Crippen LogP contribution in [0.4, 0.5) is 0 Å². The topological polar surface area (TPSA) is 60.2 Å². The third kappa shape index (κ3) is 6.53. The molecule has 6 heteroatoms. The van der Waals surface area contributed by atoms with Crippen LogP contribution in [0.15, 0.2) is 4.99 Å². The minimum absolute atomic E-state index is 0. The number of halogens is 1. The summed E-state index contributed by atoms with van der Waals surface area (Å²) in [6.45, 7) is 8.06. The zero-order valence-corrected chi connectivity index (χ0v) is 16.0. The van der Waals surface area contributed by atoms with Gasteiger partial charge in [0, 0.05) is 17.3 Å². The van der Waals surface area contributed by atoms with E-state index in [1.54, 1.807) is 0 Å². The Balaban J connectivity index is 0.00000361. The van der Waals surface area contributed by atoms with Gasteiger partial charge < -0.3 is 10.6 Å². The first kappa shape index (κ1) is 19.8. The third-order valence-corrected chi connectivity index (χ3v) is 4.75. The number of guanidine groups is 1. The van der Waals surface area contributed by atoms with Crippen LogP contribution in [0.2, 0.25) is 0 Å². The molecule has 1 aliphatic carbocycles. The number of hydrogen-bond acceptors (Lipinski definition) is 3. The Morgan fingerprint density at radius 3 is 2.70 bits per heavy atom. The van der Waals surface area contributed by atoms with Crippen molar-refractivity contribution in [3.63, 3.8) is 0 Å². The van der Waals surface area contributed by atoms with Crippen molar-refractivity contribution in [3.05, 3.63) is 0 Å². The quantitative estimate of drug-likeness (QED) is 0.416. The van der Waals surface area contributed by atoms with Gasteiger partial charge in [0.25, 0.3) is 0 Å². The standard InChI is InChI=1S/C14H26N4S.HI/c1-5-16-13(17-10-14(2,3)19-4)18-12-8-6-7-11(12)9-15;/h11-12H,5-8,10H2,1-4H3,(H2,16,17,18);1H.